The van der Waals surface area contributed by atoms with Gasteiger partial charge in [0.05, 0.1) is 11.3 Å². The van der Waals surface area contributed by atoms with Crippen molar-refractivity contribution in [2.75, 3.05) is 5.32 Å². The van der Waals surface area contributed by atoms with Gasteiger partial charge in [-0.05, 0) is 37.3 Å². The summed E-state index contributed by atoms with van der Waals surface area (Å²) in [4.78, 5) is 12.1. The molecule has 127 valence electrons. The van der Waals surface area contributed by atoms with Gasteiger partial charge in [0.25, 0.3) is 0 Å². The predicted octanol–water partition coefficient (Wildman–Crippen LogP) is 1.71. The van der Waals surface area contributed by atoms with Crippen molar-refractivity contribution in [3.05, 3.63) is 48.0 Å². The van der Waals surface area contributed by atoms with Crippen LogP contribution < -0.4 is 10.5 Å². The van der Waals surface area contributed by atoms with Gasteiger partial charge in [-0.25, -0.2) is 13.6 Å². The third-order valence-corrected chi connectivity index (χ3v) is 5.12. The summed E-state index contributed by atoms with van der Waals surface area (Å²) in [5.41, 5.74) is 1.36. The summed E-state index contributed by atoms with van der Waals surface area (Å²) < 4.78 is 23.1. The monoisotopic (exact) mass is 347 g/mol. The van der Waals surface area contributed by atoms with Crippen LogP contribution in [-0.2, 0) is 21.2 Å². The van der Waals surface area contributed by atoms with Crippen LogP contribution in [0.15, 0.2) is 35.2 Å². The van der Waals surface area contributed by atoms with Crippen molar-refractivity contribution >= 4 is 21.7 Å². The zero-order valence-electron chi connectivity index (χ0n) is 13.0. The minimum absolute atomic E-state index is 0.0376. The molecule has 1 fully saturated rings. The number of nitrogens with one attached hydrogen (secondary N) is 2. The number of H-pyrrole nitrogens is 1. The molecule has 0 unspecified atom stereocenters. The summed E-state index contributed by atoms with van der Waals surface area (Å²) in [5, 5.41) is 14.9. The minimum Gasteiger partial charge on any atom is -0.309 e. The number of anilines is 1. The van der Waals surface area contributed by atoms with Crippen LogP contribution in [-0.4, -0.2) is 24.5 Å². The number of rotatable bonds is 5. The fourth-order valence-corrected chi connectivity index (χ4v) is 3.71. The quantitative estimate of drug-likeness (QED) is 0.763. The number of nitrogens with zero attached hydrogens (tertiary/aromatic N) is 1. The van der Waals surface area contributed by atoms with E-state index in [1.807, 2.05) is 6.07 Å². The Balaban J connectivity index is 1.68. The lowest BCUT2D eigenvalue weighted by Crippen LogP contribution is -2.19. The molecule has 0 spiro atoms. The van der Waals surface area contributed by atoms with E-state index in [4.69, 9.17) is 5.14 Å². The molecule has 8 heteroatoms. The fourth-order valence-electron chi connectivity index (χ4n) is 2.94. The second-order valence-electron chi connectivity index (χ2n) is 5.88. The molecule has 0 aliphatic heterocycles. The van der Waals surface area contributed by atoms with E-state index in [2.05, 4.69) is 21.9 Å². The molecule has 1 aromatic heterocycles. The van der Waals surface area contributed by atoms with Crippen LogP contribution in [0.25, 0.3) is 0 Å². The summed E-state index contributed by atoms with van der Waals surface area (Å²) in [6.45, 7) is 0. The number of aromatic amines is 1. The van der Waals surface area contributed by atoms with Crippen molar-refractivity contribution in [1.82, 2.24) is 10.2 Å². The van der Waals surface area contributed by atoms with Gasteiger partial charge in [0.15, 0.2) is 5.82 Å². The SMILES string of the molecule is NS(=O)(=O)c1ccccc1CC(=O)Nc1cc([C@H]2C[CH]CC2)[nH]n1. The van der Waals surface area contributed by atoms with Gasteiger partial charge in [-0.1, -0.05) is 18.2 Å². The Kier molecular flexibility index (Phi) is 4.68. The van der Waals surface area contributed by atoms with E-state index < -0.39 is 10.0 Å². The minimum atomic E-state index is -3.86. The number of benzene rings is 1. The number of hydrogen-bond donors (Lipinski definition) is 3. The van der Waals surface area contributed by atoms with Gasteiger partial charge in [0.1, 0.15) is 0 Å². The normalized spacial score (nSPS) is 15.5. The molecule has 1 atom stereocenters. The first-order valence-corrected chi connectivity index (χ1v) is 9.25. The zero-order valence-corrected chi connectivity index (χ0v) is 13.8. The van der Waals surface area contributed by atoms with Crippen molar-refractivity contribution < 1.29 is 13.2 Å². The Morgan fingerprint density at radius 3 is 2.88 bits per heavy atom. The fraction of sp³-hybridized carbons (Fsp3) is 0.312. The van der Waals surface area contributed by atoms with Crippen LogP contribution in [0, 0.1) is 6.42 Å². The molecule has 24 heavy (non-hydrogen) atoms. The number of sulfonamides is 1. The number of hydrogen-bond acceptors (Lipinski definition) is 4. The van der Waals surface area contributed by atoms with Gasteiger partial charge in [-0.3, -0.25) is 9.89 Å². The van der Waals surface area contributed by atoms with Crippen LogP contribution >= 0.6 is 0 Å². The lowest BCUT2D eigenvalue weighted by Gasteiger charge is -2.07. The van der Waals surface area contributed by atoms with E-state index in [1.165, 1.54) is 6.07 Å². The molecule has 1 amide bonds. The molecule has 1 heterocycles. The summed E-state index contributed by atoms with van der Waals surface area (Å²) in [6, 6.07) is 8.03. The smallest absolute Gasteiger partial charge is 0.238 e. The highest BCUT2D eigenvalue weighted by Gasteiger charge is 2.20. The van der Waals surface area contributed by atoms with Crippen LogP contribution in [0.3, 0.4) is 0 Å². The van der Waals surface area contributed by atoms with Crippen LogP contribution in [0.2, 0.25) is 0 Å². The number of primary sulfonamides is 1. The Hall–Kier alpha value is -2.19. The summed E-state index contributed by atoms with van der Waals surface area (Å²) >= 11 is 0. The lowest BCUT2D eigenvalue weighted by atomic mass is 10.0. The van der Waals surface area contributed by atoms with E-state index in [9.17, 15) is 13.2 Å². The number of carbonyl (C=O) groups is 1. The maximum absolute atomic E-state index is 12.2. The van der Waals surface area contributed by atoms with Crippen LogP contribution in [0.1, 0.15) is 36.4 Å². The first-order valence-electron chi connectivity index (χ1n) is 7.71. The number of carbonyl (C=O) groups excluding carboxylic acids is 1. The highest BCUT2D eigenvalue weighted by molar-refractivity contribution is 7.89. The number of aromatic nitrogens is 2. The van der Waals surface area contributed by atoms with Gasteiger partial charge < -0.3 is 5.32 Å². The van der Waals surface area contributed by atoms with E-state index in [0.717, 1.165) is 25.0 Å². The summed E-state index contributed by atoms with van der Waals surface area (Å²) in [5.74, 6) is 0.517. The molecule has 1 saturated carbocycles. The molecule has 1 aromatic carbocycles. The average molecular weight is 347 g/mol. The number of amides is 1. The first kappa shape index (κ1) is 16.7. The van der Waals surface area contributed by atoms with Crippen LogP contribution in [0.5, 0.6) is 0 Å². The standard InChI is InChI=1S/C16H19N4O3S/c17-24(22,23)14-8-4-3-7-12(14)9-16(21)18-15-10-13(19-20-15)11-5-1-2-6-11/h1,3-4,7-8,10-11H,2,5-6,9H2,(H2,17,22,23)(H2,18,19,20,21)/t11-/m0/s1. The highest BCUT2D eigenvalue weighted by atomic mass is 32.2. The molecule has 1 radical (unpaired) electrons. The van der Waals surface area contributed by atoms with Crippen molar-refractivity contribution in [3.63, 3.8) is 0 Å². The molecular formula is C16H19N4O3S. The summed E-state index contributed by atoms with van der Waals surface area (Å²) in [6.07, 6.45) is 5.34. The van der Waals surface area contributed by atoms with E-state index >= 15 is 0 Å². The molecule has 2 aromatic rings. The van der Waals surface area contributed by atoms with Gasteiger partial charge in [0, 0.05) is 17.7 Å². The zero-order chi connectivity index (χ0) is 17.2. The lowest BCUT2D eigenvalue weighted by molar-refractivity contribution is -0.115. The topological polar surface area (TPSA) is 118 Å². The Morgan fingerprint density at radius 1 is 1.38 bits per heavy atom. The summed E-state index contributed by atoms with van der Waals surface area (Å²) in [7, 11) is -3.86. The van der Waals surface area contributed by atoms with Crippen molar-refractivity contribution in [1.29, 1.82) is 0 Å². The molecule has 1 aliphatic rings. The van der Waals surface area contributed by atoms with E-state index in [-0.39, 0.29) is 17.2 Å². The molecule has 7 nitrogen and oxygen atoms in total. The van der Waals surface area contributed by atoms with Crippen molar-refractivity contribution in [2.45, 2.75) is 36.5 Å². The molecule has 3 rings (SSSR count). The first-order chi connectivity index (χ1) is 11.4. The van der Waals surface area contributed by atoms with Gasteiger partial charge in [-0.2, -0.15) is 5.10 Å². The van der Waals surface area contributed by atoms with Crippen molar-refractivity contribution in [2.24, 2.45) is 5.14 Å². The van der Waals surface area contributed by atoms with Gasteiger partial charge in [-0.15, -0.1) is 0 Å². The molecule has 0 saturated heterocycles. The Bertz CT molecular complexity index is 839. The maximum Gasteiger partial charge on any atom is 0.238 e. The molecule has 1 aliphatic carbocycles. The largest absolute Gasteiger partial charge is 0.309 e. The average Bonchev–Trinajstić information content (AvgIpc) is 3.17. The van der Waals surface area contributed by atoms with Crippen molar-refractivity contribution in [3.8, 4) is 0 Å². The van der Waals surface area contributed by atoms with Gasteiger partial charge in [0.2, 0.25) is 15.9 Å². The maximum atomic E-state index is 12.2. The second-order valence-corrected chi connectivity index (χ2v) is 7.41. The second kappa shape index (κ2) is 6.74. The Morgan fingerprint density at radius 2 is 2.17 bits per heavy atom. The molecule has 0 bridgehead atoms. The van der Waals surface area contributed by atoms with Gasteiger partial charge >= 0.3 is 0 Å². The van der Waals surface area contributed by atoms with E-state index in [1.54, 1.807) is 18.2 Å². The Labute approximate surface area is 140 Å². The van der Waals surface area contributed by atoms with E-state index in [0.29, 0.717) is 17.3 Å². The highest BCUT2D eigenvalue weighted by Crippen LogP contribution is 2.33. The molecule has 4 N–H and O–H groups in total. The van der Waals surface area contributed by atoms with Crippen LogP contribution in [0.4, 0.5) is 5.82 Å². The molecular weight excluding hydrogens is 328 g/mol. The number of nitrogens with two attached hydrogens (primary N) is 1. The third kappa shape index (κ3) is 3.82. The predicted molar refractivity (Wildman–Crippen MR) is 89.6 cm³/mol. The third-order valence-electron chi connectivity index (χ3n) is 4.11.